The van der Waals surface area contributed by atoms with Crippen molar-refractivity contribution in [1.29, 1.82) is 0 Å². The summed E-state index contributed by atoms with van der Waals surface area (Å²) >= 11 is 1.62. The Labute approximate surface area is 155 Å². The van der Waals surface area contributed by atoms with Crippen molar-refractivity contribution in [3.63, 3.8) is 0 Å². The fourth-order valence-electron chi connectivity index (χ4n) is 3.02. The molecule has 26 heavy (non-hydrogen) atoms. The van der Waals surface area contributed by atoms with E-state index in [0.717, 1.165) is 38.3 Å². The van der Waals surface area contributed by atoms with Crippen LogP contribution in [0.5, 0.6) is 0 Å². The number of nitrogens with zero attached hydrogens (tertiary/aromatic N) is 2. The summed E-state index contributed by atoms with van der Waals surface area (Å²) in [4.78, 5) is 21.1. The van der Waals surface area contributed by atoms with Gasteiger partial charge in [0, 0.05) is 22.6 Å². The molecular weight excluding hydrogens is 344 g/mol. The highest BCUT2D eigenvalue weighted by atomic mass is 32.2. The van der Waals surface area contributed by atoms with Crippen LogP contribution in [0.25, 0.3) is 21.9 Å². The zero-order chi connectivity index (χ0) is 18.3. The van der Waals surface area contributed by atoms with E-state index in [1.165, 1.54) is 5.56 Å². The SMILES string of the molecule is Cc1nc(SCc2cc(=O)oc3cc(C)c(C)cc23)c2ccccc2n1. The number of benzene rings is 2. The first-order chi connectivity index (χ1) is 12.5. The smallest absolute Gasteiger partial charge is 0.336 e. The first-order valence-electron chi connectivity index (χ1n) is 8.41. The topological polar surface area (TPSA) is 56.0 Å². The van der Waals surface area contributed by atoms with Gasteiger partial charge in [-0.3, -0.25) is 0 Å². The summed E-state index contributed by atoms with van der Waals surface area (Å²) in [5.74, 6) is 1.39. The van der Waals surface area contributed by atoms with Gasteiger partial charge in [0.1, 0.15) is 16.4 Å². The van der Waals surface area contributed by atoms with E-state index in [4.69, 9.17) is 4.42 Å². The zero-order valence-corrected chi connectivity index (χ0v) is 15.7. The lowest BCUT2D eigenvalue weighted by Crippen LogP contribution is -2.01. The van der Waals surface area contributed by atoms with Crippen LogP contribution in [0.15, 0.2) is 56.7 Å². The van der Waals surface area contributed by atoms with Crippen LogP contribution in [0, 0.1) is 20.8 Å². The van der Waals surface area contributed by atoms with Gasteiger partial charge in [-0.25, -0.2) is 14.8 Å². The summed E-state index contributed by atoms with van der Waals surface area (Å²) < 4.78 is 5.39. The molecule has 0 fully saturated rings. The van der Waals surface area contributed by atoms with Crippen LogP contribution in [0.3, 0.4) is 0 Å². The molecule has 0 bridgehead atoms. The summed E-state index contributed by atoms with van der Waals surface area (Å²) in [6, 6.07) is 13.6. The van der Waals surface area contributed by atoms with Crippen molar-refractivity contribution < 1.29 is 4.42 Å². The number of para-hydroxylation sites is 1. The van der Waals surface area contributed by atoms with Gasteiger partial charge in [0.2, 0.25) is 0 Å². The minimum absolute atomic E-state index is 0.319. The molecule has 0 radical (unpaired) electrons. The third-order valence-electron chi connectivity index (χ3n) is 4.49. The number of fused-ring (bicyclic) bond motifs is 2. The molecule has 0 aliphatic rings. The third-order valence-corrected chi connectivity index (χ3v) is 5.53. The maximum atomic E-state index is 12.0. The molecule has 2 heterocycles. The molecule has 0 saturated heterocycles. The Morgan fingerprint density at radius 1 is 0.962 bits per heavy atom. The summed E-state index contributed by atoms with van der Waals surface area (Å²) in [6.45, 7) is 5.99. The minimum atomic E-state index is -0.319. The van der Waals surface area contributed by atoms with Crippen molar-refractivity contribution >= 4 is 33.6 Å². The Kier molecular flexibility index (Phi) is 4.24. The molecule has 0 spiro atoms. The Morgan fingerprint density at radius 3 is 2.58 bits per heavy atom. The second-order valence-corrected chi connectivity index (χ2v) is 7.37. The summed E-state index contributed by atoms with van der Waals surface area (Å²) in [5, 5.41) is 2.94. The summed E-state index contributed by atoms with van der Waals surface area (Å²) in [7, 11) is 0. The molecule has 0 atom stereocenters. The molecule has 0 aliphatic carbocycles. The molecule has 130 valence electrons. The predicted molar refractivity (Wildman–Crippen MR) is 106 cm³/mol. The highest BCUT2D eigenvalue weighted by Crippen LogP contribution is 2.30. The van der Waals surface area contributed by atoms with Crippen molar-refractivity contribution in [2.24, 2.45) is 0 Å². The predicted octanol–water partition coefficient (Wildman–Crippen LogP) is 4.95. The fraction of sp³-hybridized carbons (Fsp3) is 0.190. The number of thioether (sulfide) groups is 1. The number of aryl methyl sites for hydroxylation is 3. The van der Waals surface area contributed by atoms with Crippen molar-refractivity contribution in [2.75, 3.05) is 0 Å². The highest BCUT2D eigenvalue weighted by Gasteiger charge is 2.11. The molecule has 4 aromatic rings. The van der Waals surface area contributed by atoms with E-state index in [-0.39, 0.29) is 5.63 Å². The average molecular weight is 362 g/mol. The van der Waals surface area contributed by atoms with E-state index in [0.29, 0.717) is 11.3 Å². The second kappa shape index (κ2) is 6.57. The van der Waals surface area contributed by atoms with Crippen LogP contribution in [0.2, 0.25) is 0 Å². The highest BCUT2D eigenvalue weighted by molar-refractivity contribution is 7.98. The fourth-order valence-corrected chi connectivity index (χ4v) is 4.07. The van der Waals surface area contributed by atoms with Gasteiger partial charge >= 0.3 is 5.63 Å². The van der Waals surface area contributed by atoms with E-state index in [2.05, 4.69) is 23.0 Å². The van der Waals surface area contributed by atoms with Gasteiger partial charge in [0.15, 0.2) is 0 Å². The molecule has 2 aromatic heterocycles. The van der Waals surface area contributed by atoms with Crippen molar-refractivity contribution in [3.8, 4) is 0 Å². The lowest BCUT2D eigenvalue weighted by molar-refractivity contribution is 0.559. The van der Waals surface area contributed by atoms with Crippen LogP contribution in [0.1, 0.15) is 22.5 Å². The van der Waals surface area contributed by atoms with Crippen LogP contribution in [-0.2, 0) is 5.75 Å². The summed E-state index contributed by atoms with van der Waals surface area (Å²) in [5.41, 5.74) is 4.51. The standard InChI is InChI=1S/C21H18N2O2S/c1-12-8-17-15(10-20(24)25-19(17)9-13(12)2)11-26-21-16-6-4-5-7-18(16)22-14(3)23-21/h4-10H,11H2,1-3H3. The van der Waals surface area contributed by atoms with E-state index in [1.54, 1.807) is 17.8 Å². The monoisotopic (exact) mass is 362 g/mol. The number of aromatic nitrogens is 2. The van der Waals surface area contributed by atoms with Gasteiger partial charge in [-0.2, -0.15) is 0 Å². The lowest BCUT2D eigenvalue weighted by atomic mass is 10.0. The molecule has 0 aliphatic heterocycles. The van der Waals surface area contributed by atoms with Gasteiger partial charge in [0.25, 0.3) is 0 Å². The minimum Gasteiger partial charge on any atom is -0.423 e. The van der Waals surface area contributed by atoms with E-state index in [9.17, 15) is 4.79 Å². The van der Waals surface area contributed by atoms with E-state index in [1.807, 2.05) is 44.2 Å². The van der Waals surface area contributed by atoms with Gasteiger partial charge < -0.3 is 4.42 Å². The molecule has 0 saturated carbocycles. The lowest BCUT2D eigenvalue weighted by Gasteiger charge is -2.09. The Morgan fingerprint density at radius 2 is 1.73 bits per heavy atom. The summed E-state index contributed by atoms with van der Waals surface area (Å²) in [6.07, 6.45) is 0. The molecule has 0 amide bonds. The maximum Gasteiger partial charge on any atom is 0.336 e. The molecule has 5 heteroatoms. The number of hydrogen-bond acceptors (Lipinski definition) is 5. The normalized spacial score (nSPS) is 11.3. The Hall–Kier alpha value is -2.66. The van der Waals surface area contributed by atoms with Crippen LogP contribution in [-0.4, -0.2) is 9.97 Å². The van der Waals surface area contributed by atoms with Crippen LogP contribution < -0.4 is 5.63 Å². The first-order valence-corrected chi connectivity index (χ1v) is 9.40. The number of hydrogen-bond donors (Lipinski definition) is 0. The second-order valence-electron chi connectivity index (χ2n) is 6.41. The molecule has 2 aromatic carbocycles. The molecule has 4 nitrogen and oxygen atoms in total. The number of rotatable bonds is 3. The van der Waals surface area contributed by atoms with Crippen molar-refractivity contribution in [1.82, 2.24) is 9.97 Å². The first kappa shape index (κ1) is 16.8. The third kappa shape index (κ3) is 3.10. The van der Waals surface area contributed by atoms with Crippen molar-refractivity contribution in [3.05, 3.63) is 75.4 Å². The van der Waals surface area contributed by atoms with Gasteiger partial charge in [-0.1, -0.05) is 18.2 Å². The molecule has 0 N–H and O–H groups in total. The Bertz CT molecular complexity index is 1200. The van der Waals surface area contributed by atoms with Gasteiger partial charge in [0.05, 0.1) is 5.52 Å². The Balaban J connectivity index is 1.77. The molecule has 0 unspecified atom stereocenters. The van der Waals surface area contributed by atoms with E-state index < -0.39 is 0 Å². The largest absolute Gasteiger partial charge is 0.423 e. The van der Waals surface area contributed by atoms with Crippen LogP contribution in [0.4, 0.5) is 0 Å². The van der Waals surface area contributed by atoms with Gasteiger partial charge in [-0.05, 0) is 55.7 Å². The van der Waals surface area contributed by atoms with Gasteiger partial charge in [-0.15, -0.1) is 11.8 Å². The quantitative estimate of drug-likeness (QED) is 0.293. The molecule has 4 rings (SSSR count). The van der Waals surface area contributed by atoms with Crippen molar-refractivity contribution in [2.45, 2.75) is 31.6 Å². The zero-order valence-electron chi connectivity index (χ0n) is 14.9. The molecular formula is C21H18N2O2S. The average Bonchev–Trinajstić information content (AvgIpc) is 2.60. The van der Waals surface area contributed by atoms with Crippen LogP contribution >= 0.6 is 11.8 Å². The maximum absolute atomic E-state index is 12.0. The van der Waals surface area contributed by atoms with E-state index >= 15 is 0 Å².